The van der Waals surface area contributed by atoms with Crippen LogP contribution in [0.5, 0.6) is 0 Å². The Labute approximate surface area is 84.7 Å². The number of hydrogen-bond donors (Lipinski definition) is 0. The quantitative estimate of drug-likeness (QED) is 0.578. The molecule has 0 bridgehead atoms. The highest BCUT2D eigenvalue weighted by atomic mass is 14.1. The third-order valence-corrected chi connectivity index (χ3v) is 2.28. The van der Waals surface area contributed by atoms with E-state index in [1.54, 1.807) is 11.1 Å². The second kappa shape index (κ2) is 6.94. The van der Waals surface area contributed by atoms with Gasteiger partial charge in [0.25, 0.3) is 0 Å². The normalized spacial score (nSPS) is 14.5. The van der Waals surface area contributed by atoms with Gasteiger partial charge in [-0.05, 0) is 18.8 Å². The summed E-state index contributed by atoms with van der Waals surface area (Å²) in [6, 6.07) is 0. The van der Waals surface area contributed by atoms with Gasteiger partial charge in [-0.1, -0.05) is 65.3 Å². The number of hydrogen-bond acceptors (Lipinski definition) is 0. The highest BCUT2D eigenvalue weighted by molar-refractivity contribution is 5.31. The smallest absolute Gasteiger partial charge is 0.00996 e. The number of rotatable bonds is 3. The summed E-state index contributed by atoms with van der Waals surface area (Å²) in [5.74, 6) is 0.737. The summed E-state index contributed by atoms with van der Waals surface area (Å²) >= 11 is 0. The average Bonchev–Trinajstić information content (AvgIpc) is 2.37. The van der Waals surface area contributed by atoms with E-state index in [1.165, 1.54) is 19.3 Å². The molecule has 0 N–H and O–H groups in total. The second-order valence-corrected chi connectivity index (χ2v) is 3.65. The predicted octanol–water partition coefficient (Wildman–Crippen LogP) is 4.97. The van der Waals surface area contributed by atoms with E-state index in [0.717, 1.165) is 5.92 Å². The molecule has 0 aromatic rings. The van der Waals surface area contributed by atoms with Crippen molar-refractivity contribution in [1.29, 1.82) is 0 Å². The molecule has 0 spiro atoms. The zero-order chi connectivity index (χ0) is 8.27. The van der Waals surface area contributed by atoms with Gasteiger partial charge in [0.2, 0.25) is 0 Å². The predicted molar refractivity (Wildman–Crippen MR) is 64.0 cm³/mol. The fourth-order valence-electron chi connectivity index (χ4n) is 1.49. The fraction of sp³-hybridized carbons (Fsp3) is 0.692. The van der Waals surface area contributed by atoms with E-state index < -0.39 is 0 Å². The maximum Gasteiger partial charge on any atom is -0.00996 e. The monoisotopic (exact) mass is 182 g/mol. The molecule has 1 aliphatic carbocycles. The lowest BCUT2D eigenvalue weighted by atomic mass is 9.99. The third-order valence-electron chi connectivity index (χ3n) is 2.28. The van der Waals surface area contributed by atoms with Crippen molar-refractivity contribution in [2.24, 2.45) is 5.92 Å². The molecule has 0 aromatic carbocycles. The van der Waals surface area contributed by atoms with Gasteiger partial charge < -0.3 is 0 Å². The lowest BCUT2D eigenvalue weighted by molar-refractivity contribution is 0.734. The Morgan fingerprint density at radius 3 is 2.23 bits per heavy atom. The van der Waals surface area contributed by atoms with E-state index in [0.29, 0.717) is 0 Å². The van der Waals surface area contributed by atoms with Crippen molar-refractivity contribution in [2.45, 2.75) is 54.9 Å². The maximum absolute atomic E-state index is 2.30. The molecule has 78 valence electrons. The van der Waals surface area contributed by atoms with E-state index in [2.05, 4.69) is 32.9 Å². The van der Waals surface area contributed by atoms with Crippen molar-refractivity contribution in [3.63, 3.8) is 0 Å². The molecule has 0 amide bonds. The third kappa shape index (κ3) is 4.31. The van der Waals surface area contributed by atoms with Gasteiger partial charge in [-0.2, -0.15) is 0 Å². The van der Waals surface area contributed by atoms with Crippen molar-refractivity contribution in [3.05, 3.63) is 23.3 Å². The van der Waals surface area contributed by atoms with Crippen LogP contribution in [0.3, 0.4) is 0 Å². The Hall–Kier alpha value is -0.520. The molecule has 0 nitrogen and oxygen atoms in total. The topological polar surface area (TPSA) is 0 Å². The SMILES string of the molecule is C.C.CCCC1=CC=C(C(C)C)C1. The van der Waals surface area contributed by atoms with Crippen LogP contribution < -0.4 is 0 Å². The van der Waals surface area contributed by atoms with Crippen LogP contribution in [0.4, 0.5) is 0 Å². The van der Waals surface area contributed by atoms with Gasteiger partial charge in [0.15, 0.2) is 0 Å². The van der Waals surface area contributed by atoms with Crippen molar-refractivity contribution in [2.75, 3.05) is 0 Å². The van der Waals surface area contributed by atoms with E-state index in [9.17, 15) is 0 Å². The number of allylic oxidation sites excluding steroid dienone is 4. The molecule has 1 rings (SSSR count). The highest BCUT2D eigenvalue weighted by Gasteiger charge is 2.09. The van der Waals surface area contributed by atoms with Gasteiger partial charge in [-0.15, -0.1) is 0 Å². The van der Waals surface area contributed by atoms with Gasteiger partial charge >= 0.3 is 0 Å². The van der Waals surface area contributed by atoms with Gasteiger partial charge in [0, 0.05) is 0 Å². The van der Waals surface area contributed by atoms with Crippen LogP contribution in [0.1, 0.15) is 54.9 Å². The minimum Gasteiger partial charge on any atom is -0.0776 e. The van der Waals surface area contributed by atoms with Gasteiger partial charge in [0.05, 0.1) is 0 Å². The first-order chi connectivity index (χ1) is 5.24. The Balaban J connectivity index is 0. The Morgan fingerprint density at radius 2 is 1.85 bits per heavy atom. The molecule has 0 heterocycles. The summed E-state index contributed by atoms with van der Waals surface area (Å²) in [7, 11) is 0. The first-order valence-electron chi connectivity index (χ1n) is 4.62. The van der Waals surface area contributed by atoms with Crippen LogP contribution in [0.2, 0.25) is 0 Å². The summed E-state index contributed by atoms with van der Waals surface area (Å²) in [5.41, 5.74) is 3.23. The molecule has 0 radical (unpaired) electrons. The van der Waals surface area contributed by atoms with E-state index >= 15 is 0 Å². The van der Waals surface area contributed by atoms with Crippen LogP contribution >= 0.6 is 0 Å². The molecule has 13 heavy (non-hydrogen) atoms. The fourth-order valence-corrected chi connectivity index (χ4v) is 1.49. The van der Waals surface area contributed by atoms with Crippen molar-refractivity contribution >= 4 is 0 Å². The first kappa shape index (κ1) is 15.0. The van der Waals surface area contributed by atoms with Crippen molar-refractivity contribution in [3.8, 4) is 0 Å². The summed E-state index contributed by atoms with van der Waals surface area (Å²) in [5, 5.41) is 0. The molecule has 0 atom stereocenters. The van der Waals surface area contributed by atoms with Gasteiger partial charge in [-0.25, -0.2) is 0 Å². The molecular formula is C13H26. The van der Waals surface area contributed by atoms with Gasteiger partial charge in [-0.3, -0.25) is 0 Å². The first-order valence-corrected chi connectivity index (χ1v) is 4.62. The minimum absolute atomic E-state index is 0. The van der Waals surface area contributed by atoms with Crippen LogP contribution in [-0.2, 0) is 0 Å². The molecular weight excluding hydrogens is 156 g/mol. The minimum atomic E-state index is 0. The Morgan fingerprint density at radius 1 is 1.23 bits per heavy atom. The van der Waals surface area contributed by atoms with Crippen molar-refractivity contribution < 1.29 is 0 Å². The summed E-state index contributed by atoms with van der Waals surface area (Å²) in [6.45, 7) is 6.79. The summed E-state index contributed by atoms with van der Waals surface area (Å²) in [4.78, 5) is 0. The van der Waals surface area contributed by atoms with Crippen molar-refractivity contribution in [1.82, 2.24) is 0 Å². The molecule has 0 saturated heterocycles. The zero-order valence-electron chi connectivity index (χ0n) is 7.85. The average molecular weight is 182 g/mol. The lowest BCUT2D eigenvalue weighted by Gasteiger charge is -2.07. The molecule has 0 unspecified atom stereocenters. The standard InChI is InChI=1S/C11H18.2CH4/c1-4-5-10-6-7-11(8-10)9(2)3;;/h6-7,9H,4-5,8H2,1-3H3;2*1H4. The maximum atomic E-state index is 2.30. The van der Waals surface area contributed by atoms with Gasteiger partial charge in [0.1, 0.15) is 0 Å². The van der Waals surface area contributed by atoms with E-state index in [-0.39, 0.29) is 14.9 Å². The molecule has 0 aromatic heterocycles. The second-order valence-electron chi connectivity index (χ2n) is 3.65. The summed E-state index contributed by atoms with van der Waals surface area (Å²) in [6.07, 6.45) is 8.41. The molecule has 1 aliphatic rings. The van der Waals surface area contributed by atoms with Crippen LogP contribution in [-0.4, -0.2) is 0 Å². The van der Waals surface area contributed by atoms with Crippen LogP contribution in [0.25, 0.3) is 0 Å². The Kier molecular flexibility index (Phi) is 7.99. The summed E-state index contributed by atoms with van der Waals surface area (Å²) < 4.78 is 0. The Bertz CT molecular complexity index is 182. The van der Waals surface area contributed by atoms with E-state index in [1.807, 2.05) is 0 Å². The molecule has 0 heteroatoms. The van der Waals surface area contributed by atoms with Crippen LogP contribution in [0, 0.1) is 5.92 Å². The largest absolute Gasteiger partial charge is 0.0776 e. The highest BCUT2D eigenvalue weighted by Crippen LogP contribution is 2.27. The van der Waals surface area contributed by atoms with Crippen LogP contribution in [0.15, 0.2) is 23.3 Å². The lowest BCUT2D eigenvalue weighted by Crippen LogP contribution is -1.91. The molecule has 0 fully saturated rings. The molecule has 0 saturated carbocycles. The van der Waals surface area contributed by atoms with E-state index in [4.69, 9.17) is 0 Å². The zero-order valence-corrected chi connectivity index (χ0v) is 7.85. The molecule has 0 aliphatic heterocycles.